The van der Waals surface area contributed by atoms with E-state index < -0.39 is 0 Å². The number of aryl methyl sites for hydroxylation is 1. The Morgan fingerprint density at radius 2 is 1.88 bits per heavy atom. The van der Waals surface area contributed by atoms with Crippen LogP contribution in [0, 0.1) is 6.92 Å². The molecule has 0 amide bonds. The Bertz CT molecular complexity index is 341. The molecular formula is C13H19NO2. The average molecular weight is 221 g/mol. The molecule has 0 aliphatic rings. The SMILES string of the molecule is CO/N=C(\COC(C)C)c1ccc(C)cc1. The van der Waals surface area contributed by atoms with Gasteiger partial charge in [-0.15, -0.1) is 0 Å². The van der Waals surface area contributed by atoms with Gasteiger partial charge >= 0.3 is 0 Å². The van der Waals surface area contributed by atoms with Crippen molar-refractivity contribution in [1.82, 2.24) is 0 Å². The highest BCUT2D eigenvalue weighted by atomic mass is 16.6. The van der Waals surface area contributed by atoms with Crippen LogP contribution in [0.2, 0.25) is 0 Å². The fourth-order valence-electron chi connectivity index (χ4n) is 1.26. The van der Waals surface area contributed by atoms with Gasteiger partial charge in [0.25, 0.3) is 0 Å². The second-order valence-electron chi connectivity index (χ2n) is 3.95. The maximum absolute atomic E-state index is 5.53. The van der Waals surface area contributed by atoms with Crippen molar-refractivity contribution in [2.75, 3.05) is 13.7 Å². The third kappa shape index (κ3) is 4.03. The Balaban J connectivity index is 2.77. The molecule has 0 bridgehead atoms. The van der Waals surface area contributed by atoms with E-state index in [1.807, 2.05) is 26.0 Å². The van der Waals surface area contributed by atoms with Crippen molar-refractivity contribution in [2.45, 2.75) is 26.9 Å². The van der Waals surface area contributed by atoms with Crippen molar-refractivity contribution in [1.29, 1.82) is 0 Å². The molecule has 0 heterocycles. The number of oxime groups is 1. The van der Waals surface area contributed by atoms with Crippen molar-refractivity contribution in [3.63, 3.8) is 0 Å². The van der Waals surface area contributed by atoms with Crippen molar-refractivity contribution >= 4 is 5.71 Å². The Morgan fingerprint density at radius 1 is 1.25 bits per heavy atom. The second-order valence-corrected chi connectivity index (χ2v) is 3.95. The minimum absolute atomic E-state index is 0.188. The van der Waals surface area contributed by atoms with E-state index in [0.29, 0.717) is 6.61 Å². The van der Waals surface area contributed by atoms with Crippen LogP contribution in [0.3, 0.4) is 0 Å². The van der Waals surface area contributed by atoms with Crippen LogP contribution in [0.1, 0.15) is 25.0 Å². The Kier molecular flexibility index (Phi) is 4.99. The molecular weight excluding hydrogens is 202 g/mol. The standard InChI is InChI=1S/C13H19NO2/c1-10(2)16-9-13(14-15-4)12-7-5-11(3)6-8-12/h5-8,10H,9H2,1-4H3/b14-13+. The topological polar surface area (TPSA) is 30.8 Å². The van der Waals surface area contributed by atoms with Crippen molar-refractivity contribution < 1.29 is 9.57 Å². The lowest BCUT2D eigenvalue weighted by molar-refractivity contribution is 0.107. The highest BCUT2D eigenvalue weighted by molar-refractivity contribution is 6.01. The summed E-state index contributed by atoms with van der Waals surface area (Å²) in [4.78, 5) is 4.83. The van der Waals surface area contributed by atoms with E-state index in [-0.39, 0.29) is 6.10 Å². The summed E-state index contributed by atoms with van der Waals surface area (Å²) in [6.07, 6.45) is 0.188. The van der Waals surface area contributed by atoms with Gasteiger partial charge in [-0.05, 0) is 20.8 Å². The first kappa shape index (κ1) is 12.7. The smallest absolute Gasteiger partial charge is 0.113 e. The molecule has 3 nitrogen and oxygen atoms in total. The molecule has 0 aliphatic carbocycles. The summed E-state index contributed by atoms with van der Waals surface area (Å²) in [6, 6.07) is 8.15. The molecule has 3 heteroatoms. The van der Waals surface area contributed by atoms with Gasteiger partial charge < -0.3 is 9.57 Å². The van der Waals surface area contributed by atoms with Crippen LogP contribution in [0.5, 0.6) is 0 Å². The normalized spacial score (nSPS) is 11.9. The summed E-state index contributed by atoms with van der Waals surface area (Å²) in [5, 5.41) is 3.99. The minimum atomic E-state index is 0.188. The van der Waals surface area contributed by atoms with Crippen LogP contribution < -0.4 is 0 Å². The van der Waals surface area contributed by atoms with E-state index in [2.05, 4.69) is 24.2 Å². The predicted molar refractivity (Wildman–Crippen MR) is 65.8 cm³/mol. The molecule has 16 heavy (non-hydrogen) atoms. The lowest BCUT2D eigenvalue weighted by atomic mass is 10.1. The zero-order valence-corrected chi connectivity index (χ0v) is 10.4. The van der Waals surface area contributed by atoms with E-state index in [0.717, 1.165) is 11.3 Å². The van der Waals surface area contributed by atoms with Gasteiger partial charge in [0, 0.05) is 5.56 Å². The summed E-state index contributed by atoms with van der Waals surface area (Å²) in [6.45, 7) is 6.52. The van der Waals surface area contributed by atoms with Crippen LogP contribution in [0.4, 0.5) is 0 Å². The van der Waals surface area contributed by atoms with Crippen LogP contribution >= 0.6 is 0 Å². The van der Waals surface area contributed by atoms with Gasteiger partial charge in [-0.25, -0.2) is 0 Å². The number of hydrogen-bond acceptors (Lipinski definition) is 3. The maximum atomic E-state index is 5.53. The summed E-state index contributed by atoms with van der Waals surface area (Å²) < 4.78 is 5.53. The van der Waals surface area contributed by atoms with Gasteiger partial charge in [0.05, 0.1) is 12.7 Å². The van der Waals surface area contributed by atoms with E-state index in [1.54, 1.807) is 7.11 Å². The number of nitrogens with zero attached hydrogens (tertiary/aromatic N) is 1. The minimum Gasteiger partial charge on any atom is -0.399 e. The molecule has 0 unspecified atom stereocenters. The predicted octanol–water partition coefficient (Wildman–Crippen LogP) is 2.77. The molecule has 1 aromatic rings. The van der Waals surface area contributed by atoms with E-state index in [1.165, 1.54) is 5.56 Å². The van der Waals surface area contributed by atoms with Crippen molar-refractivity contribution in [3.8, 4) is 0 Å². The van der Waals surface area contributed by atoms with Gasteiger partial charge in [-0.3, -0.25) is 0 Å². The molecule has 0 aromatic heterocycles. The quantitative estimate of drug-likeness (QED) is 0.565. The highest BCUT2D eigenvalue weighted by Gasteiger charge is 2.05. The Hall–Kier alpha value is -1.35. The zero-order chi connectivity index (χ0) is 12.0. The largest absolute Gasteiger partial charge is 0.399 e. The van der Waals surface area contributed by atoms with Gasteiger partial charge in [0.1, 0.15) is 12.8 Å². The first-order valence-corrected chi connectivity index (χ1v) is 5.42. The molecule has 0 saturated carbocycles. The number of rotatable bonds is 5. The van der Waals surface area contributed by atoms with Crippen molar-refractivity contribution in [2.24, 2.45) is 5.16 Å². The molecule has 0 saturated heterocycles. The number of benzene rings is 1. The lowest BCUT2D eigenvalue weighted by Gasteiger charge is -2.09. The summed E-state index contributed by atoms with van der Waals surface area (Å²) in [5.74, 6) is 0. The van der Waals surface area contributed by atoms with Crippen LogP contribution in [0.15, 0.2) is 29.4 Å². The second kappa shape index (κ2) is 6.28. The van der Waals surface area contributed by atoms with Gasteiger partial charge in [-0.2, -0.15) is 0 Å². The summed E-state index contributed by atoms with van der Waals surface area (Å²) in [5.41, 5.74) is 3.08. The van der Waals surface area contributed by atoms with Crippen LogP contribution in [-0.2, 0) is 9.57 Å². The summed E-state index contributed by atoms with van der Waals surface area (Å²) >= 11 is 0. The molecule has 0 aliphatic heterocycles. The average Bonchev–Trinajstić information content (AvgIpc) is 2.25. The van der Waals surface area contributed by atoms with E-state index >= 15 is 0 Å². The third-order valence-electron chi connectivity index (χ3n) is 2.14. The molecule has 0 spiro atoms. The molecule has 0 fully saturated rings. The molecule has 1 rings (SSSR count). The van der Waals surface area contributed by atoms with Gasteiger partial charge in [-0.1, -0.05) is 35.0 Å². The molecule has 88 valence electrons. The van der Waals surface area contributed by atoms with E-state index in [4.69, 9.17) is 9.57 Å². The van der Waals surface area contributed by atoms with E-state index in [9.17, 15) is 0 Å². The third-order valence-corrected chi connectivity index (χ3v) is 2.14. The molecule has 0 radical (unpaired) electrons. The first-order chi connectivity index (χ1) is 7.63. The van der Waals surface area contributed by atoms with Crippen molar-refractivity contribution in [3.05, 3.63) is 35.4 Å². The summed E-state index contributed by atoms with van der Waals surface area (Å²) in [7, 11) is 1.55. The zero-order valence-electron chi connectivity index (χ0n) is 10.4. The maximum Gasteiger partial charge on any atom is 0.113 e. The lowest BCUT2D eigenvalue weighted by Crippen LogP contribution is -2.15. The fraction of sp³-hybridized carbons (Fsp3) is 0.462. The van der Waals surface area contributed by atoms with Crippen LogP contribution in [0.25, 0.3) is 0 Å². The molecule has 0 N–H and O–H groups in total. The number of hydrogen-bond donors (Lipinski definition) is 0. The van der Waals surface area contributed by atoms with Gasteiger partial charge in [0.2, 0.25) is 0 Å². The molecule has 0 atom stereocenters. The monoisotopic (exact) mass is 221 g/mol. The Labute approximate surface area is 97.1 Å². The molecule has 1 aromatic carbocycles. The Morgan fingerprint density at radius 3 is 2.38 bits per heavy atom. The highest BCUT2D eigenvalue weighted by Crippen LogP contribution is 2.06. The fourth-order valence-corrected chi connectivity index (χ4v) is 1.26. The van der Waals surface area contributed by atoms with Gasteiger partial charge in [0.15, 0.2) is 0 Å². The first-order valence-electron chi connectivity index (χ1n) is 5.42. The van der Waals surface area contributed by atoms with Crippen LogP contribution in [-0.4, -0.2) is 25.5 Å². The number of ether oxygens (including phenoxy) is 1.